The fraction of sp³-hybridized carbons (Fsp3) is 0.375. The summed E-state index contributed by atoms with van der Waals surface area (Å²) in [5.41, 5.74) is 2.39. The van der Waals surface area contributed by atoms with Crippen LogP contribution in [0.1, 0.15) is 37.6 Å². The number of hydrogen-bond acceptors (Lipinski definition) is 5. The summed E-state index contributed by atoms with van der Waals surface area (Å²) in [4.78, 5) is 47.3. The maximum absolute atomic E-state index is 12.2. The van der Waals surface area contributed by atoms with E-state index in [0.717, 1.165) is 0 Å². The van der Waals surface area contributed by atoms with Crippen molar-refractivity contribution in [3.63, 3.8) is 0 Å². The van der Waals surface area contributed by atoms with E-state index in [1.165, 1.54) is 6.92 Å². The van der Waals surface area contributed by atoms with Crippen LogP contribution in [0.3, 0.4) is 0 Å². The Hall–Kier alpha value is -2.90. The predicted octanol–water partition coefficient (Wildman–Crippen LogP) is 1.05. The lowest BCUT2D eigenvalue weighted by atomic mass is 10.00. The number of carbonyl (C=O) groups excluding carboxylic acids is 4. The molecule has 24 heavy (non-hydrogen) atoms. The monoisotopic (exact) mass is 332 g/mol. The predicted molar refractivity (Wildman–Crippen MR) is 87.2 cm³/mol. The Balaban J connectivity index is 1.94. The number of amides is 4. The molecule has 1 aliphatic rings. The SMILES string of the molecule is CC[C@]1(C)NC(=O)N(NC(=O)CNc2cccc(C(C)=O)c2)C1=O. The number of Topliss-reactive ketones (excluding diaryl/α,β-unsaturated/α-hetero) is 1. The molecule has 128 valence electrons. The molecule has 1 aliphatic heterocycles. The quantitative estimate of drug-likeness (QED) is 0.533. The summed E-state index contributed by atoms with van der Waals surface area (Å²) in [5, 5.41) is 6.08. The molecule has 1 heterocycles. The second-order valence-corrected chi connectivity index (χ2v) is 5.78. The molecule has 2 rings (SSSR count). The highest BCUT2D eigenvalue weighted by atomic mass is 16.2. The average Bonchev–Trinajstić information content (AvgIpc) is 2.77. The van der Waals surface area contributed by atoms with Crippen LogP contribution in [0, 0.1) is 0 Å². The second kappa shape index (κ2) is 6.69. The first-order valence-electron chi connectivity index (χ1n) is 7.58. The molecule has 1 atom stereocenters. The minimum Gasteiger partial charge on any atom is -0.376 e. The third-order valence-corrected chi connectivity index (χ3v) is 3.93. The van der Waals surface area contributed by atoms with Crippen LogP contribution in [0.5, 0.6) is 0 Å². The van der Waals surface area contributed by atoms with Gasteiger partial charge in [-0.05, 0) is 32.4 Å². The van der Waals surface area contributed by atoms with Crippen molar-refractivity contribution >= 4 is 29.3 Å². The molecule has 3 N–H and O–H groups in total. The summed E-state index contributed by atoms with van der Waals surface area (Å²) < 4.78 is 0. The van der Waals surface area contributed by atoms with Gasteiger partial charge in [0.2, 0.25) is 0 Å². The van der Waals surface area contributed by atoms with Gasteiger partial charge in [-0.3, -0.25) is 19.8 Å². The zero-order chi connectivity index (χ0) is 17.9. The van der Waals surface area contributed by atoms with Crippen molar-refractivity contribution in [3.05, 3.63) is 29.8 Å². The number of hydrogen-bond donors (Lipinski definition) is 3. The molecule has 0 aliphatic carbocycles. The molecule has 0 spiro atoms. The minimum absolute atomic E-state index is 0.0821. The average molecular weight is 332 g/mol. The molecule has 0 aromatic heterocycles. The topological polar surface area (TPSA) is 108 Å². The number of ketones is 1. The van der Waals surface area contributed by atoms with Crippen LogP contribution in [0.2, 0.25) is 0 Å². The molecule has 8 nitrogen and oxygen atoms in total. The first-order valence-corrected chi connectivity index (χ1v) is 7.58. The van der Waals surface area contributed by atoms with Gasteiger partial charge in [0.1, 0.15) is 5.54 Å². The van der Waals surface area contributed by atoms with Crippen LogP contribution in [0.15, 0.2) is 24.3 Å². The van der Waals surface area contributed by atoms with E-state index in [9.17, 15) is 19.2 Å². The maximum Gasteiger partial charge on any atom is 0.344 e. The van der Waals surface area contributed by atoms with Gasteiger partial charge in [0, 0.05) is 11.3 Å². The Labute approximate surface area is 139 Å². The molecule has 1 aromatic carbocycles. The number of benzene rings is 1. The zero-order valence-corrected chi connectivity index (χ0v) is 13.8. The van der Waals surface area contributed by atoms with Crippen LogP contribution < -0.4 is 16.1 Å². The smallest absolute Gasteiger partial charge is 0.344 e. The van der Waals surface area contributed by atoms with Crippen LogP contribution in [0.25, 0.3) is 0 Å². The molecule has 1 aromatic rings. The number of imide groups is 1. The summed E-state index contributed by atoms with van der Waals surface area (Å²) >= 11 is 0. The zero-order valence-electron chi connectivity index (χ0n) is 13.8. The van der Waals surface area contributed by atoms with Crippen molar-refractivity contribution < 1.29 is 19.2 Å². The summed E-state index contributed by atoms with van der Waals surface area (Å²) in [6.07, 6.45) is 0.417. The third-order valence-electron chi connectivity index (χ3n) is 3.93. The van der Waals surface area contributed by atoms with Crippen LogP contribution in [-0.4, -0.2) is 40.7 Å². The van der Waals surface area contributed by atoms with Gasteiger partial charge in [-0.1, -0.05) is 19.1 Å². The van der Waals surface area contributed by atoms with Crippen molar-refractivity contribution in [3.8, 4) is 0 Å². The number of nitrogens with zero attached hydrogens (tertiary/aromatic N) is 1. The van der Waals surface area contributed by atoms with E-state index in [0.29, 0.717) is 22.7 Å². The Morgan fingerprint density at radius 2 is 2.00 bits per heavy atom. The number of hydrazine groups is 1. The van der Waals surface area contributed by atoms with E-state index < -0.39 is 23.4 Å². The Bertz CT molecular complexity index is 703. The van der Waals surface area contributed by atoms with Crippen molar-refractivity contribution in [2.45, 2.75) is 32.7 Å². The van der Waals surface area contributed by atoms with E-state index in [1.54, 1.807) is 38.1 Å². The highest BCUT2D eigenvalue weighted by Gasteiger charge is 2.47. The lowest BCUT2D eigenvalue weighted by Gasteiger charge is -2.19. The summed E-state index contributed by atoms with van der Waals surface area (Å²) in [5.74, 6) is -1.13. The third kappa shape index (κ3) is 3.53. The number of urea groups is 1. The second-order valence-electron chi connectivity index (χ2n) is 5.78. The van der Waals surface area contributed by atoms with Gasteiger partial charge in [-0.2, -0.15) is 5.01 Å². The molecular weight excluding hydrogens is 312 g/mol. The lowest BCUT2D eigenvalue weighted by molar-refractivity contribution is -0.138. The summed E-state index contributed by atoms with van der Waals surface area (Å²) in [7, 11) is 0. The molecule has 0 bridgehead atoms. The van der Waals surface area contributed by atoms with Gasteiger partial charge in [0.25, 0.3) is 11.8 Å². The number of carbonyl (C=O) groups is 4. The normalized spacial score (nSPS) is 19.9. The molecule has 4 amide bonds. The van der Waals surface area contributed by atoms with E-state index >= 15 is 0 Å². The Morgan fingerprint density at radius 3 is 2.58 bits per heavy atom. The lowest BCUT2D eigenvalue weighted by Crippen LogP contribution is -2.50. The molecule has 8 heteroatoms. The van der Waals surface area contributed by atoms with Gasteiger partial charge in [0.15, 0.2) is 5.78 Å². The fourth-order valence-electron chi connectivity index (χ4n) is 2.22. The van der Waals surface area contributed by atoms with Crippen LogP contribution in [-0.2, 0) is 9.59 Å². The molecule has 1 saturated heterocycles. The fourth-order valence-corrected chi connectivity index (χ4v) is 2.22. The van der Waals surface area contributed by atoms with E-state index in [4.69, 9.17) is 0 Å². The molecule has 0 saturated carbocycles. The van der Waals surface area contributed by atoms with Gasteiger partial charge >= 0.3 is 6.03 Å². The molecule has 0 unspecified atom stereocenters. The molecular formula is C16H20N4O4. The van der Waals surface area contributed by atoms with Crippen LogP contribution >= 0.6 is 0 Å². The Kier molecular flexibility index (Phi) is 4.87. The Morgan fingerprint density at radius 1 is 1.29 bits per heavy atom. The van der Waals surface area contributed by atoms with Crippen molar-refractivity contribution in [2.24, 2.45) is 0 Å². The minimum atomic E-state index is -1.01. The molecule has 1 fully saturated rings. The largest absolute Gasteiger partial charge is 0.376 e. The van der Waals surface area contributed by atoms with Crippen molar-refractivity contribution in [2.75, 3.05) is 11.9 Å². The number of nitrogens with one attached hydrogen (secondary N) is 3. The number of rotatable bonds is 6. The van der Waals surface area contributed by atoms with E-state index in [2.05, 4.69) is 16.1 Å². The maximum atomic E-state index is 12.2. The van der Waals surface area contributed by atoms with Crippen molar-refractivity contribution in [1.29, 1.82) is 0 Å². The summed E-state index contributed by atoms with van der Waals surface area (Å²) in [6, 6.07) is 6.04. The number of anilines is 1. The standard InChI is InChI=1S/C16H20N4O4/c1-4-16(3)14(23)20(15(24)18-16)19-13(22)9-17-12-7-5-6-11(8-12)10(2)21/h5-8,17H,4,9H2,1-3H3,(H,18,24)(H,19,22)/t16-/m0/s1. The first-order chi connectivity index (χ1) is 11.3. The van der Waals surface area contributed by atoms with Gasteiger partial charge in [-0.25, -0.2) is 4.79 Å². The molecule has 0 radical (unpaired) electrons. The van der Waals surface area contributed by atoms with Gasteiger partial charge in [0.05, 0.1) is 6.54 Å². The van der Waals surface area contributed by atoms with E-state index in [1.807, 2.05) is 0 Å². The highest BCUT2D eigenvalue weighted by Crippen LogP contribution is 2.19. The van der Waals surface area contributed by atoms with Crippen molar-refractivity contribution in [1.82, 2.24) is 15.8 Å². The first kappa shape index (κ1) is 17.5. The van der Waals surface area contributed by atoms with Gasteiger partial charge < -0.3 is 10.6 Å². The van der Waals surface area contributed by atoms with Crippen LogP contribution in [0.4, 0.5) is 10.5 Å². The van der Waals surface area contributed by atoms with Gasteiger partial charge in [-0.15, -0.1) is 0 Å². The van der Waals surface area contributed by atoms with E-state index in [-0.39, 0.29) is 12.3 Å². The highest BCUT2D eigenvalue weighted by molar-refractivity contribution is 6.07. The summed E-state index contributed by atoms with van der Waals surface area (Å²) in [6.45, 7) is 4.67.